The summed E-state index contributed by atoms with van der Waals surface area (Å²) in [5, 5.41) is 5.18. The Morgan fingerprint density at radius 2 is 2.07 bits per heavy atom. The number of hydrogen-bond donors (Lipinski definition) is 0. The van der Waals surface area contributed by atoms with Crippen molar-refractivity contribution in [2.24, 2.45) is 7.05 Å². The van der Waals surface area contributed by atoms with Crippen molar-refractivity contribution in [3.63, 3.8) is 0 Å². The van der Waals surface area contributed by atoms with E-state index in [-0.39, 0.29) is 31.0 Å². The van der Waals surface area contributed by atoms with E-state index in [1.165, 1.54) is 0 Å². The third-order valence-corrected chi connectivity index (χ3v) is 5.51. The molecule has 0 unspecified atom stereocenters. The zero-order chi connectivity index (χ0) is 19.2. The van der Waals surface area contributed by atoms with E-state index in [0.717, 1.165) is 10.9 Å². The summed E-state index contributed by atoms with van der Waals surface area (Å²) in [7, 11) is 1.81. The lowest BCUT2D eigenvalue weighted by Gasteiger charge is -2.45. The molecule has 27 heavy (non-hydrogen) atoms. The third-order valence-electron chi connectivity index (χ3n) is 5.51. The molecule has 146 valence electrons. The van der Waals surface area contributed by atoms with Gasteiger partial charge in [0.05, 0.1) is 18.7 Å². The second-order valence-electron chi connectivity index (χ2n) is 7.40. The molecule has 2 aromatic rings. The number of carbonyl (C=O) groups is 1. The monoisotopic (exact) mass is 378 g/mol. The predicted octanol–water partition coefficient (Wildman–Crippen LogP) is 2.14. The average Bonchev–Trinajstić information content (AvgIpc) is 3.08. The molecule has 0 spiro atoms. The van der Waals surface area contributed by atoms with E-state index in [2.05, 4.69) is 5.10 Å². The van der Waals surface area contributed by atoms with Crippen molar-refractivity contribution >= 4 is 16.8 Å². The first-order chi connectivity index (χ1) is 12.9. The number of para-hydroxylation sites is 1. The number of aromatic nitrogens is 2. The van der Waals surface area contributed by atoms with Crippen molar-refractivity contribution < 1.29 is 18.3 Å². The highest BCUT2D eigenvalue weighted by Gasteiger charge is 2.50. The smallest absolute Gasteiger partial charge is 0.275 e. The van der Waals surface area contributed by atoms with Gasteiger partial charge in [-0.3, -0.25) is 14.4 Å². The number of rotatable bonds is 5. The lowest BCUT2D eigenvalue weighted by Crippen LogP contribution is -2.62. The topological polar surface area (TPSA) is 50.6 Å². The van der Waals surface area contributed by atoms with Crippen molar-refractivity contribution in [1.82, 2.24) is 19.6 Å². The number of benzene rings is 1. The molecule has 0 saturated carbocycles. The molecule has 1 atom stereocenters. The van der Waals surface area contributed by atoms with Gasteiger partial charge < -0.3 is 9.64 Å². The van der Waals surface area contributed by atoms with Gasteiger partial charge in [0.1, 0.15) is 0 Å². The van der Waals surface area contributed by atoms with Crippen LogP contribution in [-0.4, -0.2) is 76.3 Å². The molecule has 0 bridgehead atoms. The fourth-order valence-corrected chi connectivity index (χ4v) is 4.11. The van der Waals surface area contributed by atoms with Gasteiger partial charge in [0, 0.05) is 50.6 Å². The van der Waals surface area contributed by atoms with Crippen LogP contribution in [0, 0.1) is 0 Å². The molecule has 2 saturated heterocycles. The van der Waals surface area contributed by atoms with E-state index >= 15 is 0 Å². The number of halogens is 2. The molecular weight excluding hydrogens is 354 g/mol. The summed E-state index contributed by atoms with van der Waals surface area (Å²) in [4.78, 5) is 16.4. The zero-order valence-corrected chi connectivity index (χ0v) is 15.6. The molecular formula is C19H24F2N4O2. The molecule has 0 radical (unpaired) electrons. The van der Waals surface area contributed by atoms with E-state index < -0.39 is 5.92 Å². The van der Waals surface area contributed by atoms with Gasteiger partial charge in [-0.25, -0.2) is 8.78 Å². The maximum absolute atomic E-state index is 13.9. The summed E-state index contributed by atoms with van der Waals surface area (Å²) in [5.41, 5.74) is 1.32. The van der Waals surface area contributed by atoms with Crippen LogP contribution in [0.25, 0.3) is 10.9 Å². The van der Waals surface area contributed by atoms with E-state index in [0.29, 0.717) is 32.0 Å². The lowest BCUT2D eigenvalue weighted by molar-refractivity contribution is -0.0149. The first kappa shape index (κ1) is 18.3. The molecule has 6 nitrogen and oxygen atoms in total. The largest absolute Gasteiger partial charge is 0.380 e. The predicted molar refractivity (Wildman–Crippen MR) is 97.0 cm³/mol. The fraction of sp³-hybridized carbons (Fsp3) is 0.579. The number of fused-ring (bicyclic) bond motifs is 1. The maximum atomic E-state index is 13.9. The number of alkyl halides is 2. The number of likely N-dealkylation sites (tertiary alicyclic amines) is 2. The molecule has 1 amide bonds. The molecule has 1 aromatic carbocycles. The molecule has 2 aliphatic rings. The average molecular weight is 378 g/mol. The minimum Gasteiger partial charge on any atom is -0.380 e. The van der Waals surface area contributed by atoms with Gasteiger partial charge in [-0.1, -0.05) is 18.2 Å². The maximum Gasteiger partial charge on any atom is 0.275 e. The standard InChI is InChI=1S/C19H24F2N4O2/c1-3-27-11-13-8-19(20,21)12-25(13)14-9-24(10-14)18(26)17-15-6-4-5-7-16(15)23(2)22-17/h4-7,13-14H,3,8-12H2,1-2H3/t13-/m0/s1. The summed E-state index contributed by atoms with van der Waals surface area (Å²) < 4.78 is 34.9. The summed E-state index contributed by atoms with van der Waals surface area (Å²) in [6, 6.07) is 7.24. The van der Waals surface area contributed by atoms with Crippen molar-refractivity contribution in [2.45, 2.75) is 31.4 Å². The first-order valence-electron chi connectivity index (χ1n) is 9.32. The quantitative estimate of drug-likeness (QED) is 0.800. The Balaban J connectivity index is 1.44. The highest BCUT2D eigenvalue weighted by Crippen LogP contribution is 2.36. The normalized spacial score (nSPS) is 23.1. The minimum atomic E-state index is -2.69. The molecule has 8 heteroatoms. The van der Waals surface area contributed by atoms with Gasteiger partial charge in [0.15, 0.2) is 5.69 Å². The van der Waals surface area contributed by atoms with E-state index in [9.17, 15) is 13.6 Å². The SMILES string of the molecule is CCOC[C@@H]1CC(F)(F)CN1C1CN(C(=O)c2nn(C)c3ccccc23)C1. The number of aryl methyl sites for hydroxylation is 1. The van der Waals surface area contributed by atoms with Crippen molar-refractivity contribution in [1.29, 1.82) is 0 Å². The van der Waals surface area contributed by atoms with Gasteiger partial charge in [-0.2, -0.15) is 5.10 Å². The Bertz CT molecular complexity index is 847. The van der Waals surface area contributed by atoms with Crippen molar-refractivity contribution in [3.05, 3.63) is 30.0 Å². The molecule has 4 rings (SSSR count). The molecule has 2 fully saturated rings. The molecule has 2 aliphatic heterocycles. The van der Waals surface area contributed by atoms with Crippen LogP contribution in [0.4, 0.5) is 8.78 Å². The van der Waals surface area contributed by atoms with Crippen LogP contribution < -0.4 is 0 Å². The second-order valence-corrected chi connectivity index (χ2v) is 7.40. The van der Waals surface area contributed by atoms with Crippen LogP contribution in [0.5, 0.6) is 0 Å². The highest BCUT2D eigenvalue weighted by molar-refractivity contribution is 6.05. The Morgan fingerprint density at radius 1 is 1.33 bits per heavy atom. The fourth-order valence-electron chi connectivity index (χ4n) is 4.11. The number of nitrogens with zero attached hydrogens (tertiary/aromatic N) is 4. The number of ether oxygens (including phenoxy) is 1. The minimum absolute atomic E-state index is 0.0530. The Kier molecular flexibility index (Phi) is 4.63. The summed E-state index contributed by atoms with van der Waals surface area (Å²) in [6.07, 6.45) is -0.178. The van der Waals surface area contributed by atoms with E-state index in [1.807, 2.05) is 43.1 Å². The number of amides is 1. The van der Waals surface area contributed by atoms with E-state index in [1.54, 1.807) is 9.58 Å². The van der Waals surface area contributed by atoms with Crippen molar-refractivity contribution in [2.75, 3.05) is 32.8 Å². The van der Waals surface area contributed by atoms with Gasteiger partial charge in [-0.15, -0.1) is 0 Å². The van der Waals surface area contributed by atoms with Gasteiger partial charge in [0.2, 0.25) is 0 Å². The van der Waals surface area contributed by atoms with Crippen LogP contribution in [0.3, 0.4) is 0 Å². The van der Waals surface area contributed by atoms with Crippen LogP contribution in [0.2, 0.25) is 0 Å². The third kappa shape index (κ3) is 3.32. The first-order valence-corrected chi connectivity index (χ1v) is 9.32. The second kappa shape index (κ2) is 6.83. The zero-order valence-electron chi connectivity index (χ0n) is 15.6. The highest BCUT2D eigenvalue weighted by atomic mass is 19.3. The van der Waals surface area contributed by atoms with Gasteiger partial charge in [-0.05, 0) is 13.0 Å². The molecule has 3 heterocycles. The summed E-state index contributed by atoms with van der Waals surface area (Å²) >= 11 is 0. The van der Waals surface area contributed by atoms with Crippen LogP contribution in [0.1, 0.15) is 23.8 Å². The van der Waals surface area contributed by atoms with Crippen LogP contribution in [0.15, 0.2) is 24.3 Å². The Morgan fingerprint density at radius 3 is 2.81 bits per heavy atom. The van der Waals surface area contributed by atoms with E-state index in [4.69, 9.17) is 4.74 Å². The number of carbonyl (C=O) groups excluding carboxylic acids is 1. The Labute approximate surface area is 156 Å². The molecule has 0 N–H and O–H groups in total. The lowest BCUT2D eigenvalue weighted by atomic mass is 10.0. The van der Waals surface area contributed by atoms with Crippen molar-refractivity contribution in [3.8, 4) is 0 Å². The van der Waals surface area contributed by atoms with Crippen LogP contribution in [-0.2, 0) is 11.8 Å². The molecule has 0 aliphatic carbocycles. The summed E-state index contributed by atoms with van der Waals surface area (Å²) in [5.74, 6) is -2.83. The van der Waals surface area contributed by atoms with Gasteiger partial charge in [0.25, 0.3) is 11.8 Å². The molecule has 1 aromatic heterocycles. The van der Waals surface area contributed by atoms with Crippen LogP contribution >= 0.6 is 0 Å². The summed E-state index contributed by atoms with van der Waals surface area (Å²) in [6.45, 7) is 3.31. The van der Waals surface area contributed by atoms with Gasteiger partial charge >= 0.3 is 0 Å². The Hall–Kier alpha value is -2.06. The number of hydrogen-bond acceptors (Lipinski definition) is 4.